The summed E-state index contributed by atoms with van der Waals surface area (Å²) in [5.74, 6) is -0.378. The van der Waals surface area contributed by atoms with Crippen molar-refractivity contribution in [2.24, 2.45) is 5.73 Å². The van der Waals surface area contributed by atoms with Gasteiger partial charge < -0.3 is 10.3 Å². The van der Waals surface area contributed by atoms with Crippen LogP contribution in [0, 0.1) is 11.6 Å². The van der Waals surface area contributed by atoms with Crippen molar-refractivity contribution in [2.45, 2.75) is 11.7 Å². The molecule has 1 aromatic carbocycles. The number of aromatic nitrogens is 2. The number of hydrogen-bond donors (Lipinski definition) is 1. The summed E-state index contributed by atoms with van der Waals surface area (Å²) in [7, 11) is 0. The standard InChI is InChI=1S/C12H13F2N3S/c13-10-5-9(6-11(14)7-10)8-17-3-2-16-12(17)18-4-1-15/h2-3,5-7H,1,4,8,15H2. The molecule has 0 aliphatic rings. The molecular formula is C12H13F2N3S. The quantitative estimate of drug-likeness (QED) is 0.847. The second kappa shape index (κ2) is 5.97. The van der Waals surface area contributed by atoms with Crippen LogP contribution in [0.3, 0.4) is 0 Å². The third kappa shape index (κ3) is 3.30. The van der Waals surface area contributed by atoms with E-state index < -0.39 is 11.6 Å². The molecule has 1 aromatic heterocycles. The Morgan fingerprint density at radius 3 is 2.61 bits per heavy atom. The maximum Gasteiger partial charge on any atom is 0.168 e. The minimum Gasteiger partial charge on any atom is -0.330 e. The minimum atomic E-state index is -0.568. The minimum absolute atomic E-state index is 0.390. The normalized spacial score (nSPS) is 10.8. The molecule has 0 fully saturated rings. The van der Waals surface area contributed by atoms with Crippen LogP contribution >= 0.6 is 11.8 Å². The van der Waals surface area contributed by atoms with E-state index >= 15 is 0 Å². The van der Waals surface area contributed by atoms with Gasteiger partial charge in [-0.1, -0.05) is 11.8 Å². The predicted molar refractivity (Wildman–Crippen MR) is 67.5 cm³/mol. The van der Waals surface area contributed by atoms with E-state index in [1.165, 1.54) is 23.9 Å². The number of hydrogen-bond acceptors (Lipinski definition) is 3. The van der Waals surface area contributed by atoms with Crippen molar-refractivity contribution >= 4 is 11.8 Å². The van der Waals surface area contributed by atoms with E-state index in [-0.39, 0.29) is 0 Å². The molecule has 2 aromatic rings. The lowest BCUT2D eigenvalue weighted by atomic mass is 10.2. The fraction of sp³-hybridized carbons (Fsp3) is 0.250. The molecule has 96 valence electrons. The van der Waals surface area contributed by atoms with Crippen molar-refractivity contribution < 1.29 is 8.78 Å². The van der Waals surface area contributed by atoms with Crippen molar-refractivity contribution in [3.05, 3.63) is 47.8 Å². The Morgan fingerprint density at radius 1 is 1.22 bits per heavy atom. The Kier molecular flexibility index (Phi) is 4.33. The molecule has 0 radical (unpaired) electrons. The monoisotopic (exact) mass is 269 g/mol. The van der Waals surface area contributed by atoms with E-state index in [1.54, 1.807) is 12.4 Å². The van der Waals surface area contributed by atoms with Crippen LogP contribution in [0.25, 0.3) is 0 Å². The molecule has 2 N–H and O–H groups in total. The molecule has 0 bridgehead atoms. The van der Waals surface area contributed by atoms with Gasteiger partial charge in [-0.2, -0.15) is 0 Å². The Hall–Kier alpha value is -1.40. The lowest BCUT2D eigenvalue weighted by molar-refractivity contribution is 0.575. The molecule has 0 spiro atoms. The number of thioether (sulfide) groups is 1. The number of imidazole rings is 1. The van der Waals surface area contributed by atoms with Crippen LogP contribution < -0.4 is 5.73 Å². The first-order chi connectivity index (χ1) is 8.69. The molecule has 3 nitrogen and oxygen atoms in total. The van der Waals surface area contributed by atoms with Crippen LogP contribution in [0.1, 0.15) is 5.56 Å². The maximum absolute atomic E-state index is 13.1. The van der Waals surface area contributed by atoms with Crippen LogP contribution in [0.5, 0.6) is 0 Å². The summed E-state index contributed by atoms with van der Waals surface area (Å²) < 4.78 is 28.0. The van der Waals surface area contributed by atoms with Gasteiger partial charge in [0.05, 0.1) is 0 Å². The van der Waals surface area contributed by atoms with Crippen LogP contribution in [0.2, 0.25) is 0 Å². The van der Waals surface area contributed by atoms with Gasteiger partial charge >= 0.3 is 0 Å². The topological polar surface area (TPSA) is 43.8 Å². The van der Waals surface area contributed by atoms with Crippen molar-refractivity contribution in [3.63, 3.8) is 0 Å². The van der Waals surface area contributed by atoms with E-state index in [0.29, 0.717) is 18.7 Å². The smallest absolute Gasteiger partial charge is 0.168 e. The van der Waals surface area contributed by atoms with Crippen molar-refractivity contribution in [1.82, 2.24) is 9.55 Å². The molecular weight excluding hydrogens is 256 g/mol. The van der Waals surface area contributed by atoms with E-state index in [1.807, 2.05) is 4.57 Å². The SMILES string of the molecule is NCCSc1nccn1Cc1cc(F)cc(F)c1. The summed E-state index contributed by atoms with van der Waals surface area (Å²) in [6.45, 7) is 0.952. The highest BCUT2D eigenvalue weighted by Crippen LogP contribution is 2.17. The molecule has 1 heterocycles. The van der Waals surface area contributed by atoms with Gasteiger partial charge in [-0.3, -0.25) is 0 Å². The largest absolute Gasteiger partial charge is 0.330 e. The van der Waals surface area contributed by atoms with Crippen molar-refractivity contribution in [3.8, 4) is 0 Å². The van der Waals surface area contributed by atoms with Gasteiger partial charge in [-0.25, -0.2) is 13.8 Å². The molecule has 0 saturated heterocycles. The Labute approximate surface area is 108 Å². The average molecular weight is 269 g/mol. The first-order valence-corrected chi connectivity index (χ1v) is 6.46. The van der Waals surface area contributed by atoms with E-state index in [0.717, 1.165) is 17.0 Å². The van der Waals surface area contributed by atoms with Crippen LogP contribution in [-0.2, 0) is 6.54 Å². The molecule has 18 heavy (non-hydrogen) atoms. The van der Waals surface area contributed by atoms with Gasteiger partial charge in [0.1, 0.15) is 11.6 Å². The third-order valence-electron chi connectivity index (χ3n) is 2.30. The highest BCUT2D eigenvalue weighted by Gasteiger charge is 2.06. The van der Waals surface area contributed by atoms with Gasteiger partial charge in [0.25, 0.3) is 0 Å². The summed E-state index contributed by atoms with van der Waals surface area (Å²) in [4.78, 5) is 4.18. The summed E-state index contributed by atoms with van der Waals surface area (Å²) in [6, 6.07) is 3.50. The predicted octanol–water partition coefficient (Wildman–Crippen LogP) is 2.26. The molecule has 2 rings (SSSR count). The molecule has 0 unspecified atom stereocenters. The second-order valence-electron chi connectivity index (χ2n) is 3.75. The molecule has 0 aliphatic heterocycles. The third-order valence-corrected chi connectivity index (χ3v) is 3.34. The van der Waals surface area contributed by atoms with Gasteiger partial charge in [0.15, 0.2) is 5.16 Å². The molecule has 0 atom stereocenters. The summed E-state index contributed by atoms with van der Waals surface area (Å²) >= 11 is 1.52. The van der Waals surface area contributed by atoms with Gasteiger partial charge in [-0.05, 0) is 17.7 Å². The zero-order valence-corrected chi connectivity index (χ0v) is 10.5. The second-order valence-corrected chi connectivity index (χ2v) is 4.81. The van der Waals surface area contributed by atoms with Gasteiger partial charge in [-0.15, -0.1) is 0 Å². The maximum atomic E-state index is 13.1. The van der Waals surface area contributed by atoms with E-state index in [9.17, 15) is 8.78 Å². The highest BCUT2D eigenvalue weighted by molar-refractivity contribution is 7.99. The van der Waals surface area contributed by atoms with Crippen LogP contribution in [-0.4, -0.2) is 21.8 Å². The van der Waals surface area contributed by atoms with E-state index in [2.05, 4.69) is 4.98 Å². The summed E-state index contributed by atoms with van der Waals surface area (Å²) in [6.07, 6.45) is 3.44. The lowest BCUT2D eigenvalue weighted by Gasteiger charge is -2.07. The zero-order chi connectivity index (χ0) is 13.0. The van der Waals surface area contributed by atoms with E-state index in [4.69, 9.17) is 5.73 Å². The number of nitrogens with zero attached hydrogens (tertiary/aromatic N) is 2. The van der Waals surface area contributed by atoms with Gasteiger partial charge in [0, 0.05) is 37.3 Å². The Balaban J connectivity index is 2.15. The zero-order valence-electron chi connectivity index (χ0n) is 9.64. The first kappa shape index (κ1) is 13.0. The van der Waals surface area contributed by atoms with Crippen LogP contribution in [0.4, 0.5) is 8.78 Å². The number of halogens is 2. The van der Waals surface area contributed by atoms with Gasteiger partial charge in [0.2, 0.25) is 0 Å². The molecule has 6 heteroatoms. The van der Waals surface area contributed by atoms with Crippen molar-refractivity contribution in [1.29, 1.82) is 0 Å². The summed E-state index contributed by atoms with van der Waals surface area (Å²) in [5.41, 5.74) is 6.00. The Bertz CT molecular complexity index is 508. The number of nitrogens with two attached hydrogens (primary N) is 1. The lowest BCUT2D eigenvalue weighted by Crippen LogP contribution is -2.05. The first-order valence-electron chi connectivity index (χ1n) is 5.48. The molecule has 0 saturated carbocycles. The average Bonchev–Trinajstić information content (AvgIpc) is 2.72. The highest BCUT2D eigenvalue weighted by atomic mass is 32.2. The van der Waals surface area contributed by atoms with Crippen molar-refractivity contribution in [2.75, 3.05) is 12.3 Å². The molecule has 0 aliphatic carbocycles. The molecule has 0 amide bonds. The fourth-order valence-corrected chi connectivity index (χ4v) is 2.33. The Morgan fingerprint density at radius 2 is 1.94 bits per heavy atom. The number of rotatable bonds is 5. The summed E-state index contributed by atoms with van der Waals surface area (Å²) in [5, 5.41) is 0.796. The fourth-order valence-electron chi connectivity index (χ4n) is 1.61. The number of benzene rings is 1. The van der Waals surface area contributed by atoms with Crippen LogP contribution in [0.15, 0.2) is 35.7 Å².